The predicted octanol–water partition coefficient (Wildman–Crippen LogP) is 4.76. The molecule has 2 saturated heterocycles. The van der Waals surface area contributed by atoms with Crippen LogP contribution in [0.5, 0.6) is 5.75 Å². The molecule has 18 heteroatoms. The highest BCUT2D eigenvalue weighted by Crippen LogP contribution is 2.49. The average molecular weight is 842 g/mol. The number of carboxylic acid groups (broad SMARTS) is 1. The van der Waals surface area contributed by atoms with E-state index < -0.39 is 71.6 Å². The SMILES string of the molecule is COc1cc2cc(c1Cl)N(C)C(=O)CC(OC(=O)[C@@H](C)N(C)C(=O)CCSSCCC(=O)O)[C@@]1(C)O[C@@H]1[C@@H](C)[C@H]1C[C@](O)(NC(=O)O1)[C@@H](OC)/C=C/C=C(\C)C2. The maximum absolute atomic E-state index is 14.2. The molecule has 0 aliphatic carbocycles. The number of anilines is 1. The summed E-state index contributed by atoms with van der Waals surface area (Å²) in [6.07, 6.45) is 0.817. The first kappa shape index (κ1) is 45.2. The van der Waals surface area contributed by atoms with Gasteiger partial charge in [-0.25, -0.2) is 9.59 Å². The maximum Gasteiger partial charge on any atom is 0.409 e. The van der Waals surface area contributed by atoms with Crippen LogP contribution in [-0.4, -0.2) is 127 Å². The number of fused-ring (bicyclic) bond motifs is 5. The number of likely N-dealkylation sites (N-methyl/N-ethyl adjacent to an activating group) is 1. The number of allylic oxidation sites excluding steroid dienone is 3. The van der Waals surface area contributed by atoms with Gasteiger partial charge in [0.2, 0.25) is 11.8 Å². The molecule has 1 unspecified atom stereocenters. The lowest BCUT2D eigenvalue weighted by Gasteiger charge is -2.42. The van der Waals surface area contributed by atoms with E-state index >= 15 is 0 Å². The van der Waals surface area contributed by atoms with E-state index in [1.54, 1.807) is 45.2 Å². The van der Waals surface area contributed by atoms with Crippen molar-refractivity contribution >= 4 is 68.7 Å². The van der Waals surface area contributed by atoms with Gasteiger partial charge in [0.25, 0.3) is 0 Å². The van der Waals surface area contributed by atoms with E-state index in [1.165, 1.54) is 59.6 Å². The average Bonchev–Trinajstić information content (AvgIpc) is 3.84. The Morgan fingerprint density at radius 1 is 1.18 bits per heavy atom. The molecule has 3 amide bonds. The van der Waals surface area contributed by atoms with Gasteiger partial charge >= 0.3 is 18.0 Å². The molecule has 1 aromatic carbocycles. The number of amides is 3. The lowest BCUT2D eigenvalue weighted by molar-refractivity contribution is -0.162. The third-order valence-corrected chi connectivity index (χ3v) is 13.2. The Morgan fingerprint density at radius 2 is 1.86 bits per heavy atom. The Bertz CT molecular complexity index is 1710. The van der Waals surface area contributed by atoms with Crippen LogP contribution in [0.25, 0.3) is 0 Å². The lowest BCUT2D eigenvalue weighted by atomic mass is 9.83. The molecule has 3 heterocycles. The summed E-state index contributed by atoms with van der Waals surface area (Å²) in [5.41, 5.74) is -1.02. The minimum atomic E-state index is -1.85. The Kier molecular flexibility index (Phi) is 15.6. The number of methoxy groups -OCH3 is 2. The molecule has 8 atom stereocenters. The van der Waals surface area contributed by atoms with E-state index in [1.807, 2.05) is 13.0 Å². The normalized spacial score (nSPS) is 30.1. The van der Waals surface area contributed by atoms with Gasteiger partial charge in [0.05, 0.1) is 31.7 Å². The van der Waals surface area contributed by atoms with Crippen molar-refractivity contribution in [1.29, 1.82) is 0 Å². The number of nitrogens with zero attached hydrogens (tertiary/aromatic N) is 2. The van der Waals surface area contributed by atoms with E-state index in [2.05, 4.69) is 5.32 Å². The summed E-state index contributed by atoms with van der Waals surface area (Å²) in [6.45, 7) is 6.91. The van der Waals surface area contributed by atoms with Crippen molar-refractivity contribution in [2.75, 3.05) is 44.7 Å². The second-order valence-electron chi connectivity index (χ2n) is 14.4. The Balaban J connectivity index is 1.66. The first-order valence-electron chi connectivity index (χ1n) is 18.2. The summed E-state index contributed by atoms with van der Waals surface area (Å²) in [4.78, 5) is 67.2. The van der Waals surface area contributed by atoms with Crippen LogP contribution in [0.15, 0.2) is 35.9 Å². The number of nitrogens with one attached hydrogen (secondary N) is 1. The Hall–Kier alpha value is -3.48. The van der Waals surface area contributed by atoms with Crippen molar-refractivity contribution in [2.24, 2.45) is 5.92 Å². The Labute approximate surface area is 340 Å². The van der Waals surface area contributed by atoms with E-state index in [0.29, 0.717) is 29.4 Å². The summed E-state index contributed by atoms with van der Waals surface area (Å²) < 4.78 is 29.2. The second-order valence-corrected chi connectivity index (χ2v) is 17.5. The molecule has 4 rings (SSSR count). The molecule has 56 heavy (non-hydrogen) atoms. The molecule has 0 radical (unpaired) electrons. The van der Waals surface area contributed by atoms with E-state index in [-0.39, 0.29) is 36.6 Å². The molecule has 0 saturated carbocycles. The standard InChI is InChI=1S/C38H52ClN3O12S2/c1-21-10-9-11-28(51-8)38(49)20-27(52-36(48)40-38)22(2)34-37(4,54-34)29(19-31(44)42(6)25-17-24(16-21)18-26(50-7)33(25)39)53-35(47)23(3)41(5)30(43)12-14-55-56-15-13-32(45)46/h9-11,17-18,22-23,27-29,34,49H,12-16,19-20H2,1-8H3,(H,40,48)(H,45,46)/b11-9+,21-10+/t22-,23+,27+,28-,29?,34+,37+,38+/m0/s1. The monoisotopic (exact) mass is 841 g/mol. The van der Waals surface area contributed by atoms with Crippen LogP contribution in [0.1, 0.15) is 58.9 Å². The van der Waals surface area contributed by atoms with Crippen LogP contribution in [0, 0.1) is 5.92 Å². The zero-order valence-electron chi connectivity index (χ0n) is 32.9. The zero-order chi connectivity index (χ0) is 41.5. The number of carbonyl (C=O) groups excluding carboxylic acids is 4. The fraction of sp³-hybridized carbons (Fsp3) is 0.605. The van der Waals surface area contributed by atoms with E-state index in [9.17, 15) is 29.1 Å². The number of benzene rings is 1. The molecule has 3 N–H and O–H groups in total. The largest absolute Gasteiger partial charge is 0.495 e. The van der Waals surface area contributed by atoms with Crippen LogP contribution in [0.4, 0.5) is 10.5 Å². The number of halogens is 1. The molecule has 15 nitrogen and oxygen atoms in total. The van der Waals surface area contributed by atoms with Gasteiger partial charge in [0.15, 0.2) is 5.72 Å². The number of rotatable bonds is 12. The number of carboxylic acids is 1. The molecule has 2 fully saturated rings. The van der Waals surface area contributed by atoms with Gasteiger partial charge < -0.3 is 43.7 Å². The van der Waals surface area contributed by atoms with Crippen molar-refractivity contribution in [3.63, 3.8) is 0 Å². The van der Waals surface area contributed by atoms with Gasteiger partial charge in [-0.05, 0) is 44.9 Å². The summed E-state index contributed by atoms with van der Waals surface area (Å²) >= 11 is 6.76. The fourth-order valence-corrected chi connectivity index (χ4v) is 9.04. The number of epoxide rings is 1. The van der Waals surface area contributed by atoms with E-state index in [0.717, 1.165) is 11.1 Å². The molecule has 0 spiro atoms. The van der Waals surface area contributed by atoms with Crippen molar-refractivity contribution < 1.29 is 57.9 Å². The number of aliphatic hydroxyl groups is 1. The number of esters is 1. The molecule has 4 bridgehead atoms. The molecule has 310 valence electrons. The highest BCUT2D eigenvalue weighted by Gasteiger charge is 2.64. The molecule has 3 aliphatic rings. The molecular weight excluding hydrogens is 790 g/mol. The fourth-order valence-electron chi connectivity index (χ4n) is 6.77. The van der Waals surface area contributed by atoms with Gasteiger partial charge in [0.1, 0.15) is 40.7 Å². The highest BCUT2D eigenvalue weighted by molar-refractivity contribution is 8.76. The minimum absolute atomic E-state index is 0.0120. The highest BCUT2D eigenvalue weighted by atomic mass is 35.5. The Morgan fingerprint density at radius 3 is 2.50 bits per heavy atom. The summed E-state index contributed by atoms with van der Waals surface area (Å²) in [5, 5.41) is 23.3. The number of aliphatic carboxylic acids is 1. The third-order valence-electron chi connectivity index (χ3n) is 10.4. The molecule has 1 aromatic rings. The number of hydrogen-bond donors (Lipinski definition) is 3. The molecule has 0 aromatic heterocycles. The summed E-state index contributed by atoms with van der Waals surface area (Å²) in [5.74, 6) is -1.84. The lowest BCUT2D eigenvalue weighted by Crippen LogP contribution is -2.63. The van der Waals surface area contributed by atoms with Crippen molar-refractivity contribution in [3.05, 3.63) is 46.5 Å². The minimum Gasteiger partial charge on any atom is -0.495 e. The quantitative estimate of drug-likeness (QED) is 0.113. The number of alkyl carbamates (subject to hydrolysis) is 1. The number of hydrogen-bond acceptors (Lipinski definition) is 13. The summed E-state index contributed by atoms with van der Waals surface area (Å²) in [7, 11) is 8.66. The van der Waals surface area contributed by atoms with Gasteiger partial charge in [-0.15, -0.1) is 0 Å². The topological polar surface area (TPSA) is 194 Å². The first-order chi connectivity index (χ1) is 26.3. The van der Waals surface area contributed by atoms with Gasteiger partial charge in [0, 0.05) is 51.5 Å². The van der Waals surface area contributed by atoms with E-state index in [4.69, 9.17) is 40.4 Å². The van der Waals surface area contributed by atoms with Crippen LogP contribution >= 0.6 is 33.2 Å². The smallest absolute Gasteiger partial charge is 0.409 e. The third kappa shape index (κ3) is 10.9. The zero-order valence-corrected chi connectivity index (χ0v) is 35.3. The number of ether oxygens (including phenoxy) is 5. The predicted molar refractivity (Wildman–Crippen MR) is 213 cm³/mol. The first-order valence-corrected chi connectivity index (χ1v) is 21.0. The number of carbonyl (C=O) groups is 5. The van der Waals surface area contributed by atoms with Crippen molar-refractivity contribution in [2.45, 2.75) is 102 Å². The van der Waals surface area contributed by atoms with Crippen LogP contribution in [0.3, 0.4) is 0 Å². The van der Waals surface area contributed by atoms with Crippen LogP contribution < -0.4 is 15.0 Å². The second kappa shape index (κ2) is 19.3. The maximum atomic E-state index is 14.2. The van der Waals surface area contributed by atoms with Crippen LogP contribution in [-0.2, 0) is 44.5 Å². The van der Waals surface area contributed by atoms with Gasteiger partial charge in [-0.2, -0.15) is 0 Å². The molecular formula is C38H52ClN3O12S2. The van der Waals surface area contributed by atoms with Gasteiger partial charge in [-0.3, -0.25) is 19.7 Å². The van der Waals surface area contributed by atoms with Crippen molar-refractivity contribution in [1.82, 2.24) is 10.2 Å². The van der Waals surface area contributed by atoms with Crippen molar-refractivity contribution in [3.8, 4) is 5.75 Å². The molecule has 3 aliphatic heterocycles. The summed E-state index contributed by atoms with van der Waals surface area (Å²) in [6, 6.07) is 2.51. The van der Waals surface area contributed by atoms with Gasteiger partial charge in [-0.1, -0.05) is 63.9 Å². The van der Waals surface area contributed by atoms with Crippen LogP contribution in [0.2, 0.25) is 5.02 Å².